The molecule has 3 rings (SSSR count). The molecule has 1 fully saturated rings. The topological polar surface area (TPSA) is 12.9 Å². The van der Waals surface area contributed by atoms with Gasteiger partial charge in [-0.3, -0.25) is 4.98 Å². The zero-order valence-corrected chi connectivity index (χ0v) is 7.63. The van der Waals surface area contributed by atoms with Gasteiger partial charge in [0.25, 0.3) is 0 Å². The predicted octanol–water partition coefficient (Wildman–Crippen LogP) is 2.50. The Bertz CT molecular complexity index is 321. The third-order valence-electron chi connectivity index (χ3n) is 2.75. The van der Waals surface area contributed by atoms with Crippen LogP contribution in [-0.4, -0.2) is 4.98 Å². The second-order valence-corrected chi connectivity index (χ2v) is 4.41. The Hall–Kier alpha value is -0.370. The second kappa shape index (κ2) is 1.86. The van der Waals surface area contributed by atoms with Crippen molar-refractivity contribution in [2.75, 3.05) is 0 Å². The van der Waals surface area contributed by atoms with E-state index in [1.54, 1.807) is 0 Å². The van der Waals surface area contributed by atoms with Gasteiger partial charge < -0.3 is 0 Å². The minimum atomic E-state index is 0.870. The maximum atomic E-state index is 4.39. The van der Waals surface area contributed by atoms with Crippen molar-refractivity contribution in [2.24, 2.45) is 5.92 Å². The second-order valence-electron chi connectivity index (χ2n) is 3.50. The molecule has 0 bridgehead atoms. The van der Waals surface area contributed by atoms with Gasteiger partial charge in [-0.25, -0.2) is 0 Å². The van der Waals surface area contributed by atoms with Crippen molar-refractivity contribution < 1.29 is 0 Å². The molecule has 0 amide bonds. The Kier molecular flexibility index (Phi) is 1.05. The van der Waals surface area contributed by atoms with E-state index in [9.17, 15) is 0 Å². The van der Waals surface area contributed by atoms with Crippen molar-refractivity contribution in [1.29, 1.82) is 0 Å². The summed E-state index contributed by atoms with van der Waals surface area (Å²) in [4.78, 5) is 4.39. The lowest BCUT2D eigenvalue weighted by molar-refractivity contribution is 0.836. The van der Waals surface area contributed by atoms with Gasteiger partial charge in [0, 0.05) is 16.4 Å². The molecule has 0 N–H and O–H groups in total. The SMILES string of the molecule is Brc1cnc2c(c1)C1CC1C2. The minimum absolute atomic E-state index is 0.870. The molecule has 1 saturated carbocycles. The summed E-state index contributed by atoms with van der Waals surface area (Å²) in [6, 6.07) is 2.24. The molecule has 2 atom stereocenters. The van der Waals surface area contributed by atoms with Gasteiger partial charge in [-0.05, 0) is 52.2 Å². The summed E-state index contributed by atoms with van der Waals surface area (Å²) in [5, 5.41) is 0. The van der Waals surface area contributed by atoms with Crippen LogP contribution in [0.5, 0.6) is 0 Å². The Morgan fingerprint density at radius 2 is 2.45 bits per heavy atom. The molecule has 1 aromatic rings. The highest BCUT2D eigenvalue weighted by Crippen LogP contribution is 2.55. The van der Waals surface area contributed by atoms with E-state index in [1.807, 2.05) is 6.20 Å². The van der Waals surface area contributed by atoms with Crippen LogP contribution in [0.3, 0.4) is 0 Å². The van der Waals surface area contributed by atoms with Crippen LogP contribution < -0.4 is 0 Å². The first kappa shape index (κ1) is 6.18. The van der Waals surface area contributed by atoms with E-state index in [-0.39, 0.29) is 0 Å². The molecule has 0 spiro atoms. The molecule has 0 aromatic carbocycles. The van der Waals surface area contributed by atoms with Gasteiger partial charge in [0.1, 0.15) is 0 Å². The van der Waals surface area contributed by atoms with Crippen molar-refractivity contribution in [3.05, 3.63) is 28.0 Å². The molecule has 56 valence electrons. The maximum absolute atomic E-state index is 4.39. The number of pyridine rings is 1. The van der Waals surface area contributed by atoms with Gasteiger partial charge >= 0.3 is 0 Å². The normalized spacial score (nSPS) is 31.4. The van der Waals surface area contributed by atoms with Crippen molar-refractivity contribution in [2.45, 2.75) is 18.8 Å². The van der Waals surface area contributed by atoms with Crippen LogP contribution in [0, 0.1) is 5.92 Å². The largest absolute Gasteiger partial charge is 0.260 e. The Morgan fingerprint density at radius 3 is 3.36 bits per heavy atom. The molecule has 0 aliphatic heterocycles. The third-order valence-corrected chi connectivity index (χ3v) is 3.18. The fraction of sp³-hybridized carbons (Fsp3) is 0.444. The van der Waals surface area contributed by atoms with Crippen LogP contribution in [-0.2, 0) is 6.42 Å². The highest BCUT2D eigenvalue weighted by molar-refractivity contribution is 9.10. The highest BCUT2D eigenvalue weighted by Gasteiger charge is 2.45. The molecule has 11 heavy (non-hydrogen) atoms. The van der Waals surface area contributed by atoms with Crippen molar-refractivity contribution in [1.82, 2.24) is 4.98 Å². The highest BCUT2D eigenvalue weighted by atomic mass is 79.9. The van der Waals surface area contributed by atoms with E-state index in [2.05, 4.69) is 27.0 Å². The van der Waals surface area contributed by atoms with E-state index in [1.165, 1.54) is 24.1 Å². The Balaban J connectivity index is 2.20. The van der Waals surface area contributed by atoms with Gasteiger partial charge in [-0.1, -0.05) is 0 Å². The number of hydrogen-bond acceptors (Lipinski definition) is 1. The van der Waals surface area contributed by atoms with Crippen molar-refractivity contribution in [3.8, 4) is 0 Å². The molecule has 1 aromatic heterocycles. The minimum Gasteiger partial charge on any atom is -0.260 e. The van der Waals surface area contributed by atoms with Crippen LogP contribution >= 0.6 is 15.9 Å². The number of aromatic nitrogens is 1. The smallest absolute Gasteiger partial charge is 0.0442 e. The lowest BCUT2D eigenvalue weighted by atomic mass is 10.1. The molecule has 2 heteroatoms. The Labute approximate surface area is 74.0 Å². The summed E-state index contributed by atoms with van der Waals surface area (Å²) in [5.41, 5.74) is 2.85. The van der Waals surface area contributed by atoms with Crippen LogP contribution in [0.15, 0.2) is 16.7 Å². The summed E-state index contributed by atoms with van der Waals surface area (Å²) in [6.07, 6.45) is 4.54. The van der Waals surface area contributed by atoms with E-state index < -0.39 is 0 Å². The van der Waals surface area contributed by atoms with Crippen LogP contribution in [0.2, 0.25) is 0 Å². The van der Waals surface area contributed by atoms with E-state index >= 15 is 0 Å². The molecule has 2 aliphatic carbocycles. The summed E-state index contributed by atoms with van der Waals surface area (Å²) >= 11 is 3.45. The monoisotopic (exact) mass is 209 g/mol. The fourth-order valence-corrected chi connectivity index (χ4v) is 2.43. The first-order chi connectivity index (χ1) is 5.34. The number of hydrogen-bond donors (Lipinski definition) is 0. The van der Waals surface area contributed by atoms with Gasteiger partial charge in [-0.2, -0.15) is 0 Å². The molecule has 1 nitrogen and oxygen atoms in total. The summed E-state index contributed by atoms with van der Waals surface area (Å²) in [6.45, 7) is 0. The van der Waals surface area contributed by atoms with Gasteiger partial charge in [0.15, 0.2) is 0 Å². The maximum Gasteiger partial charge on any atom is 0.0442 e. The molecule has 2 unspecified atom stereocenters. The van der Waals surface area contributed by atoms with Crippen LogP contribution in [0.4, 0.5) is 0 Å². The standard InChI is InChI=1S/C9H8BrN/c10-6-3-8-7-1-5(7)2-9(8)11-4-6/h3-5,7H,1-2H2. The molecule has 0 saturated heterocycles. The van der Waals surface area contributed by atoms with E-state index in [4.69, 9.17) is 0 Å². The lowest BCUT2D eigenvalue weighted by Crippen LogP contribution is -1.90. The molecule has 0 radical (unpaired) electrons. The first-order valence-electron chi connectivity index (χ1n) is 3.99. The van der Waals surface area contributed by atoms with Crippen molar-refractivity contribution >= 4 is 15.9 Å². The zero-order chi connectivity index (χ0) is 7.42. The van der Waals surface area contributed by atoms with Gasteiger partial charge in [-0.15, -0.1) is 0 Å². The lowest BCUT2D eigenvalue weighted by Gasteiger charge is -2.00. The van der Waals surface area contributed by atoms with E-state index in [0.717, 1.165) is 16.3 Å². The van der Waals surface area contributed by atoms with Gasteiger partial charge in [0.05, 0.1) is 0 Å². The number of rotatable bonds is 0. The fourth-order valence-electron chi connectivity index (χ4n) is 2.08. The quantitative estimate of drug-likeness (QED) is 0.641. The average molecular weight is 210 g/mol. The molecular weight excluding hydrogens is 202 g/mol. The van der Waals surface area contributed by atoms with Crippen LogP contribution in [0.25, 0.3) is 0 Å². The summed E-state index contributed by atoms with van der Waals surface area (Å²) < 4.78 is 1.13. The number of nitrogens with zero attached hydrogens (tertiary/aromatic N) is 1. The number of fused-ring (bicyclic) bond motifs is 3. The third kappa shape index (κ3) is 0.791. The first-order valence-corrected chi connectivity index (χ1v) is 4.78. The molecule has 2 aliphatic rings. The average Bonchev–Trinajstić information content (AvgIpc) is 2.67. The van der Waals surface area contributed by atoms with E-state index in [0.29, 0.717) is 0 Å². The van der Waals surface area contributed by atoms with Crippen molar-refractivity contribution in [3.63, 3.8) is 0 Å². The zero-order valence-electron chi connectivity index (χ0n) is 6.05. The summed E-state index contributed by atoms with van der Waals surface area (Å²) in [7, 11) is 0. The Morgan fingerprint density at radius 1 is 1.55 bits per heavy atom. The van der Waals surface area contributed by atoms with Gasteiger partial charge in [0.2, 0.25) is 0 Å². The number of halogens is 1. The predicted molar refractivity (Wildman–Crippen MR) is 46.5 cm³/mol. The van der Waals surface area contributed by atoms with Crippen LogP contribution in [0.1, 0.15) is 23.6 Å². The molecular formula is C9H8BrN. The summed E-state index contributed by atoms with van der Waals surface area (Å²) in [5.74, 6) is 1.82. The molecule has 1 heterocycles.